The van der Waals surface area contributed by atoms with Gasteiger partial charge in [0.15, 0.2) is 9.84 Å². The predicted molar refractivity (Wildman–Crippen MR) is 98.1 cm³/mol. The molecule has 0 radical (unpaired) electrons. The van der Waals surface area contributed by atoms with Crippen LogP contribution in [0, 0.1) is 0 Å². The maximum Gasteiger partial charge on any atom is 0.223 e. The Morgan fingerprint density at radius 3 is 2.88 bits per heavy atom. The normalized spacial score (nSPS) is 19.0. The lowest BCUT2D eigenvalue weighted by atomic mass is 10.1. The first-order valence-corrected chi connectivity index (χ1v) is 11.0. The molecule has 1 amide bonds. The molecule has 8 heteroatoms. The van der Waals surface area contributed by atoms with Crippen LogP contribution in [-0.4, -0.2) is 53.3 Å². The summed E-state index contributed by atoms with van der Waals surface area (Å²) in [6.07, 6.45) is 3.17. The van der Waals surface area contributed by atoms with Crippen molar-refractivity contribution >= 4 is 27.1 Å². The van der Waals surface area contributed by atoms with Gasteiger partial charge >= 0.3 is 0 Å². The molecule has 0 bridgehead atoms. The third-order valence-electron chi connectivity index (χ3n) is 4.34. The van der Waals surface area contributed by atoms with Crippen LogP contribution in [-0.2, 0) is 21.1 Å². The van der Waals surface area contributed by atoms with Crippen molar-refractivity contribution in [2.45, 2.75) is 32.2 Å². The molecule has 2 aromatic heterocycles. The molecule has 1 atom stereocenters. The third-order valence-corrected chi connectivity index (χ3v) is 7.00. The van der Waals surface area contributed by atoms with Gasteiger partial charge in [0.25, 0.3) is 0 Å². The number of pyridine rings is 1. The van der Waals surface area contributed by atoms with E-state index >= 15 is 0 Å². The van der Waals surface area contributed by atoms with Crippen LogP contribution >= 0.6 is 11.3 Å². The van der Waals surface area contributed by atoms with Crippen molar-refractivity contribution in [3.05, 3.63) is 35.5 Å². The second-order valence-electron chi connectivity index (χ2n) is 6.10. The smallest absolute Gasteiger partial charge is 0.223 e. The first-order valence-electron chi connectivity index (χ1n) is 8.34. The van der Waals surface area contributed by atoms with Crippen molar-refractivity contribution in [3.63, 3.8) is 0 Å². The molecule has 0 aliphatic carbocycles. The molecule has 1 unspecified atom stereocenters. The summed E-state index contributed by atoms with van der Waals surface area (Å²) in [5.41, 5.74) is 1.70. The number of hydrogen-bond donors (Lipinski definition) is 0. The number of carbonyl (C=O) groups excluding carboxylic acids is 1. The Kier molecular flexibility index (Phi) is 5.48. The van der Waals surface area contributed by atoms with E-state index in [0.717, 1.165) is 16.4 Å². The molecule has 1 saturated heterocycles. The number of aromatic nitrogens is 2. The van der Waals surface area contributed by atoms with Gasteiger partial charge in [-0.1, -0.05) is 6.07 Å². The van der Waals surface area contributed by atoms with Crippen molar-refractivity contribution in [1.82, 2.24) is 14.9 Å². The minimum absolute atomic E-state index is 0.00279. The fourth-order valence-corrected chi connectivity index (χ4v) is 5.63. The Labute approximate surface area is 151 Å². The molecular weight excluding hydrogens is 358 g/mol. The van der Waals surface area contributed by atoms with E-state index in [4.69, 9.17) is 0 Å². The molecule has 0 aromatic carbocycles. The molecule has 3 rings (SSSR count). The highest BCUT2D eigenvalue weighted by atomic mass is 32.2. The van der Waals surface area contributed by atoms with E-state index in [1.807, 2.05) is 30.5 Å². The number of rotatable bonds is 6. The Morgan fingerprint density at radius 1 is 1.40 bits per heavy atom. The third kappa shape index (κ3) is 4.43. The standard InChI is InChI=1S/C17H21N3O3S2/c1-2-20(14-8-10-25(22,23)12-14)16(21)7-6-13-11-24-17(19-13)15-5-3-4-9-18-15/h3-5,9,11,14H,2,6-8,10,12H2,1H3. The Bertz CT molecular complexity index is 834. The summed E-state index contributed by atoms with van der Waals surface area (Å²) in [4.78, 5) is 23.1. The van der Waals surface area contributed by atoms with Crippen LogP contribution < -0.4 is 0 Å². The Balaban J connectivity index is 1.59. The SMILES string of the molecule is CCN(C(=O)CCc1csc(-c2ccccn2)n1)C1CCS(=O)(=O)C1. The van der Waals surface area contributed by atoms with Crippen LogP contribution in [0.5, 0.6) is 0 Å². The molecule has 25 heavy (non-hydrogen) atoms. The zero-order valence-electron chi connectivity index (χ0n) is 14.1. The van der Waals surface area contributed by atoms with E-state index in [1.165, 1.54) is 11.3 Å². The number of aryl methyl sites for hydroxylation is 1. The molecular formula is C17H21N3O3S2. The number of thiazole rings is 1. The van der Waals surface area contributed by atoms with Gasteiger partial charge in [-0.3, -0.25) is 9.78 Å². The first kappa shape index (κ1) is 18.0. The minimum Gasteiger partial charge on any atom is -0.339 e. The van der Waals surface area contributed by atoms with Crippen LogP contribution in [0.1, 0.15) is 25.5 Å². The highest BCUT2D eigenvalue weighted by Crippen LogP contribution is 2.23. The maximum absolute atomic E-state index is 12.5. The van der Waals surface area contributed by atoms with Crippen LogP contribution in [0.2, 0.25) is 0 Å². The minimum atomic E-state index is -2.99. The summed E-state index contributed by atoms with van der Waals surface area (Å²) < 4.78 is 23.3. The Morgan fingerprint density at radius 2 is 2.24 bits per heavy atom. The Hall–Kier alpha value is -1.80. The fourth-order valence-electron chi connectivity index (χ4n) is 3.07. The summed E-state index contributed by atoms with van der Waals surface area (Å²) in [6.45, 7) is 2.43. The lowest BCUT2D eigenvalue weighted by Gasteiger charge is -2.26. The van der Waals surface area contributed by atoms with Gasteiger partial charge in [0, 0.05) is 30.6 Å². The van der Waals surface area contributed by atoms with Gasteiger partial charge in [-0.05, 0) is 31.9 Å². The van der Waals surface area contributed by atoms with Gasteiger partial charge < -0.3 is 4.90 Å². The molecule has 134 valence electrons. The number of nitrogens with zero attached hydrogens (tertiary/aromatic N) is 3. The van der Waals surface area contributed by atoms with E-state index in [0.29, 0.717) is 25.8 Å². The van der Waals surface area contributed by atoms with Gasteiger partial charge in [-0.25, -0.2) is 13.4 Å². The second kappa shape index (κ2) is 7.61. The van der Waals surface area contributed by atoms with Crippen LogP contribution in [0.4, 0.5) is 0 Å². The largest absolute Gasteiger partial charge is 0.339 e. The van der Waals surface area contributed by atoms with E-state index < -0.39 is 9.84 Å². The maximum atomic E-state index is 12.5. The van der Waals surface area contributed by atoms with Crippen molar-refractivity contribution in [3.8, 4) is 10.7 Å². The van der Waals surface area contributed by atoms with Crippen molar-refractivity contribution in [2.24, 2.45) is 0 Å². The van der Waals surface area contributed by atoms with Crippen molar-refractivity contribution in [2.75, 3.05) is 18.1 Å². The molecule has 1 aliphatic heterocycles. The monoisotopic (exact) mass is 379 g/mol. The lowest BCUT2D eigenvalue weighted by Crippen LogP contribution is -2.41. The highest BCUT2D eigenvalue weighted by Gasteiger charge is 2.33. The fraction of sp³-hybridized carbons (Fsp3) is 0.471. The molecule has 2 aromatic rings. The molecule has 0 N–H and O–H groups in total. The van der Waals surface area contributed by atoms with Crippen molar-refractivity contribution in [1.29, 1.82) is 0 Å². The predicted octanol–water partition coefficient (Wildman–Crippen LogP) is 2.17. The number of sulfone groups is 1. The second-order valence-corrected chi connectivity index (χ2v) is 9.18. The summed E-state index contributed by atoms with van der Waals surface area (Å²) in [5.74, 6) is 0.269. The summed E-state index contributed by atoms with van der Waals surface area (Å²) in [6, 6.07) is 5.51. The van der Waals surface area contributed by atoms with Gasteiger partial charge in [0.1, 0.15) is 5.01 Å². The average Bonchev–Trinajstić information content (AvgIpc) is 3.21. The summed E-state index contributed by atoms with van der Waals surface area (Å²) in [7, 11) is -2.99. The van der Waals surface area contributed by atoms with Crippen LogP contribution in [0.3, 0.4) is 0 Å². The van der Waals surface area contributed by atoms with Gasteiger partial charge in [0.05, 0.1) is 22.9 Å². The quantitative estimate of drug-likeness (QED) is 0.768. The zero-order chi connectivity index (χ0) is 17.9. The van der Waals surface area contributed by atoms with E-state index in [9.17, 15) is 13.2 Å². The molecule has 1 aliphatic rings. The molecule has 3 heterocycles. The van der Waals surface area contributed by atoms with E-state index in [-0.39, 0.29) is 23.5 Å². The molecule has 6 nitrogen and oxygen atoms in total. The topological polar surface area (TPSA) is 80.2 Å². The lowest BCUT2D eigenvalue weighted by molar-refractivity contribution is -0.132. The van der Waals surface area contributed by atoms with Crippen LogP contribution in [0.15, 0.2) is 29.8 Å². The van der Waals surface area contributed by atoms with Crippen LogP contribution in [0.25, 0.3) is 10.7 Å². The van der Waals surface area contributed by atoms with Crippen molar-refractivity contribution < 1.29 is 13.2 Å². The van der Waals surface area contributed by atoms with Gasteiger partial charge in [-0.2, -0.15) is 0 Å². The summed E-state index contributed by atoms with van der Waals surface area (Å²) in [5, 5.41) is 2.80. The average molecular weight is 380 g/mol. The number of hydrogen-bond acceptors (Lipinski definition) is 6. The summed E-state index contributed by atoms with van der Waals surface area (Å²) >= 11 is 1.52. The molecule has 1 fully saturated rings. The zero-order valence-corrected chi connectivity index (χ0v) is 15.7. The number of carbonyl (C=O) groups is 1. The number of amides is 1. The van der Waals surface area contributed by atoms with E-state index in [1.54, 1.807) is 11.1 Å². The highest BCUT2D eigenvalue weighted by molar-refractivity contribution is 7.91. The van der Waals surface area contributed by atoms with Gasteiger partial charge in [0.2, 0.25) is 5.91 Å². The van der Waals surface area contributed by atoms with Gasteiger partial charge in [-0.15, -0.1) is 11.3 Å². The molecule has 0 saturated carbocycles. The first-order chi connectivity index (χ1) is 12.0. The molecule has 0 spiro atoms. The van der Waals surface area contributed by atoms with E-state index in [2.05, 4.69) is 9.97 Å².